The number of carbonyl (C=O) groups excluding carboxylic acids is 3. The molecule has 0 aromatic heterocycles. The lowest BCUT2D eigenvalue weighted by Gasteiger charge is -2.33. The van der Waals surface area contributed by atoms with Gasteiger partial charge in [0.25, 0.3) is 0 Å². The summed E-state index contributed by atoms with van der Waals surface area (Å²) in [5.74, 6) is -1.49. The highest BCUT2D eigenvalue weighted by Crippen LogP contribution is 2.37. The van der Waals surface area contributed by atoms with Crippen molar-refractivity contribution in [1.29, 1.82) is 0 Å². The molecule has 0 aromatic carbocycles. The first-order valence-corrected chi connectivity index (χ1v) is 8.99. The molecule has 1 fully saturated rings. The molecule has 1 aliphatic rings. The summed E-state index contributed by atoms with van der Waals surface area (Å²) < 4.78 is 10.2. The number of methoxy groups -OCH3 is 1. The van der Waals surface area contributed by atoms with Gasteiger partial charge in [0.05, 0.1) is 19.4 Å². The molecule has 5 heteroatoms. The summed E-state index contributed by atoms with van der Waals surface area (Å²) >= 11 is 0. The third kappa shape index (κ3) is 6.98. The number of esters is 2. The quantitative estimate of drug-likeness (QED) is 0.459. The lowest BCUT2D eigenvalue weighted by Crippen LogP contribution is -2.37. The molecule has 0 spiro atoms. The van der Waals surface area contributed by atoms with E-state index in [1.165, 1.54) is 12.7 Å². The van der Waals surface area contributed by atoms with E-state index < -0.39 is 5.92 Å². The molecule has 0 aromatic rings. The van der Waals surface area contributed by atoms with Gasteiger partial charge in [-0.05, 0) is 45.6 Å². The molecule has 1 rings (SSSR count). The van der Waals surface area contributed by atoms with E-state index in [-0.39, 0.29) is 36.7 Å². The molecule has 144 valence electrons. The average Bonchev–Trinajstić information content (AvgIpc) is 2.56. The molecule has 0 amide bonds. The van der Waals surface area contributed by atoms with E-state index in [0.29, 0.717) is 24.8 Å². The number of allylic oxidation sites excluding steroid dienone is 3. The minimum atomic E-state index is -0.576. The van der Waals surface area contributed by atoms with E-state index in [1.54, 1.807) is 6.92 Å². The van der Waals surface area contributed by atoms with Crippen molar-refractivity contribution in [2.75, 3.05) is 13.7 Å². The smallest absolute Gasteiger partial charge is 0.314 e. The Morgan fingerprint density at radius 1 is 1.27 bits per heavy atom. The summed E-state index contributed by atoms with van der Waals surface area (Å²) in [4.78, 5) is 35.4. The third-order valence-corrected chi connectivity index (χ3v) is 4.50. The molecule has 0 saturated carbocycles. The van der Waals surface area contributed by atoms with Crippen LogP contribution in [0.25, 0.3) is 0 Å². The Morgan fingerprint density at radius 3 is 2.54 bits per heavy atom. The van der Waals surface area contributed by atoms with Gasteiger partial charge in [-0.15, -0.1) is 0 Å². The number of cyclic esters (lactones) is 1. The molecule has 0 radical (unpaired) electrons. The standard InChI is InChI=1S/C21H30O5/c1-14(2)8-6-11-17-13-26-21(24)20(18(17)12-19(23)25-5)15(3)9-7-10-16(4)22/h8,11,18,20H,3,6-7,9-10,12-13H2,1-2,4-5H3/b17-11+/t18-,20+/m1/s1. The van der Waals surface area contributed by atoms with Crippen LogP contribution in [0.2, 0.25) is 0 Å². The van der Waals surface area contributed by atoms with Gasteiger partial charge in [0.2, 0.25) is 0 Å². The van der Waals surface area contributed by atoms with Crippen LogP contribution in [-0.4, -0.2) is 31.4 Å². The summed E-state index contributed by atoms with van der Waals surface area (Å²) in [5.41, 5.74) is 2.83. The van der Waals surface area contributed by atoms with Crippen LogP contribution in [0.5, 0.6) is 0 Å². The summed E-state index contributed by atoms with van der Waals surface area (Å²) in [5, 5.41) is 0. The first kappa shape index (κ1) is 21.9. The highest BCUT2D eigenvalue weighted by Gasteiger charge is 2.39. The Hall–Kier alpha value is -2.17. The number of rotatable bonds is 9. The zero-order chi connectivity index (χ0) is 19.7. The van der Waals surface area contributed by atoms with E-state index in [1.807, 2.05) is 19.9 Å². The number of hydrogen-bond donors (Lipinski definition) is 0. The SMILES string of the molecule is C=C(CCCC(C)=O)[C@@H]1C(=O)OC/C(=C\CC=C(C)C)[C@H]1CC(=O)OC. The van der Waals surface area contributed by atoms with Crippen LogP contribution in [0.1, 0.15) is 52.9 Å². The summed E-state index contributed by atoms with van der Waals surface area (Å²) in [6.07, 6.45) is 6.57. The van der Waals surface area contributed by atoms with Gasteiger partial charge in [0.15, 0.2) is 0 Å². The second-order valence-corrected chi connectivity index (χ2v) is 6.98. The van der Waals surface area contributed by atoms with Crippen LogP contribution in [0.4, 0.5) is 0 Å². The number of hydrogen-bond acceptors (Lipinski definition) is 5. The maximum Gasteiger partial charge on any atom is 0.314 e. The molecule has 26 heavy (non-hydrogen) atoms. The molecular weight excluding hydrogens is 332 g/mol. The van der Waals surface area contributed by atoms with E-state index in [4.69, 9.17) is 9.47 Å². The molecular formula is C21H30O5. The van der Waals surface area contributed by atoms with Crippen molar-refractivity contribution in [3.8, 4) is 0 Å². The Labute approximate surface area is 156 Å². The number of ether oxygens (including phenoxy) is 2. The van der Waals surface area contributed by atoms with Crippen LogP contribution >= 0.6 is 0 Å². The van der Waals surface area contributed by atoms with E-state index in [2.05, 4.69) is 12.7 Å². The number of ketones is 1. The molecule has 2 atom stereocenters. The minimum absolute atomic E-state index is 0.109. The van der Waals surface area contributed by atoms with E-state index in [9.17, 15) is 14.4 Å². The largest absolute Gasteiger partial charge is 0.469 e. The molecule has 1 aliphatic heterocycles. The highest BCUT2D eigenvalue weighted by atomic mass is 16.5. The first-order valence-electron chi connectivity index (χ1n) is 8.99. The predicted octanol–water partition coefficient (Wildman–Crippen LogP) is 3.94. The Morgan fingerprint density at radius 2 is 1.96 bits per heavy atom. The fourth-order valence-electron chi connectivity index (χ4n) is 3.07. The number of Topliss-reactive ketones (excluding diaryl/α,β-unsaturated/α-hetero) is 1. The van der Waals surface area contributed by atoms with Crippen molar-refractivity contribution in [1.82, 2.24) is 0 Å². The average molecular weight is 362 g/mol. The molecule has 0 unspecified atom stereocenters. The topological polar surface area (TPSA) is 69.7 Å². The van der Waals surface area contributed by atoms with Crippen molar-refractivity contribution >= 4 is 17.7 Å². The molecule has 0 aliphatic carbocycles. The monoisotopic (exact) mass is 362 g/mol. The maximum absolute atomic E-state index is 12.4. The fraction of sp³-hybridized carbons (Fsp3) is 0.571. The molecule has 0 bridgehead atoms. The van der Waals surface area contributed by atoms with Crippen LogP contribution in [0.15, 0.2) is 35.5 Å². The van der Waals surface area contributed by atoms with E-state index in [0.717, 1.165) is 12.0 Å². The Bertz CT molecular complexity index is 608. The van der Waals surface area contributed by atoms with Gasteiger partial charge in [-0.3, -0.25) is 9.59 Å². The first-order chi connectivity index (χ1) is 12.3. The summed E-state index contributed by atoms with van der Waals surface area (Å²) in [6, 6.07) is 0. The van der Waals surface area contributed by atoms with Gasteiger partial charge in [-0.1, -0.05) is 29.9 Å². The lowest BCUT2D eigenvalue weighted by atomic mass is 9.76. The van der Waals surface area contributed by atoms with Gasteiger partial charge < -0.3 is 14.3 Å². The van der Waals surface area contributed by atoms with Crippen LogP contribution < -0.4 is 0 Å². The van der Waals surface area contributed by atoms with Gasteiger partial charge in [-0.2, -0.15) is 0 Å². The van der Waals surface area contributed by atoms with Gasteiger partial charge in [-0.25, -0.2) is 0 Å². The second-order valence-electron chi connectivity index (χ2n) is 6.98. The van der Waals surface area contributed by atoms with Crippen LogP contribution in [0, 0.1) is 11.8 Å². The molecule has 5 nitrogen and oxygen atoms in total. The Balaban J connectivity index is 3.01. The normalized spacial score (nSPS) is 21.1. The maximum atomic E-state index is 12.4. The minimum Gasteiger partial charge on any atom is -0.469 e. The predicted molar refractivity (Wildman–Crippen MR) is 100 cm³/mol. The van der Waals surface area contributed by atoms with Gasteiger partial charge >= 0.3 is 11.9 Å². The summed E-state index contributed by atoms with van der Waals surface area (Å²) in [7, 11) is 1.34. The molecule has 1 saturated heterocycles. The fourth-order valence-corrected chi connectivity index (χ4v) is 3.07. The van der Waals surface area contributed by atoms with Gasteiger partial charge in [0.1, 0.15) is 12.4 Å². The lowest BCUT2D eigenvalue weighted by molar-refractivity contribution is -0.152. The molecule has 1 heterocycles. The third-order valence-electron chi connectivity index (χ3n) is 4.50. The van der Waals surface area contributed by atoms with E-state index >= 15 is 0 Å². The van der Waals surface area contributed by atoms with Gasteiger partial charge in [0, 0.05) is 12.3 Å². The van der Waals surface area contributed by atoms with Crippen molar-refractivity contribution in [3.05, 3.63) is 35.5 Å². The zero-order valence-electron chi connectivity index (χ0n) is 16.3. The summed E-state index contributed by atoms with van der Waals surface area (Å²) in [6.45, 7) is 9.82. The van der Waals surface area contributed by atoms with Crippen LogP contribution in [-0.2, 0) is 23.9 Å². The van der Waals surface area contributed by atoms with Crippen molar-refractivity contribution in [3.63, 3.8) is 0 Å². The van der Waals surface area contributed by atoms with Crippen LogP contribution in [0.3, 0.4) is 0 Å². The van der Waals surface area contributed by atoms with Crippen molar-refractivity contribution < 1.29 is 23.9 Å². The highest BCUT2D eigenvalue weighted by molar-refractivity contribution is 5.80. The zero-order valence-corrected chi connectivity index (χ0v) is 16.3. The number of carbonyl (C=O) groups is 3. The Kier molecular flexibility index (Phi) is 9.03. The van der Waals surface area contributed by atoms with Crippen molar-refractivity contribution in [2.45, 2.75) is 52.9 Å². The molecule has 0 N–H and O–H groups in total. The second kappa shape index (κ2) is 10.7. The van der Waals surface area contributed by atoms with Crippen molar-refractivity contribution in [2.24, 2.45) is 11.8 Å².